The van der Waals surface area contributed by atoms with E-state index in [-0.39, 0.29) is 23.9 Å². The molecule has 0 aliphatic rings. The van der Waals surface area contributed by atoms with E-state index in [1.54, 1.807) is 24.0 Å². The van der Waals surface area contributed by atoms with Crippen molar-refractivity contribution >= 4 is 31.9 Å². The number of nitrogens with zero attached hydrogens (tertiary/aromatic N) is 2. The van der Waals surface area contributed by atoms with E-state index in [2.05, 4.69) is 15.9 Å². The van der Waals surface area contributed by atoms with Crippen molar-refractivity contribution in [1.29, 1.82) is 0 Å². The van der Waals surface area contributed by atoms with Crippen LogP contribution in [0.2, 0.25) is 0 Å². The van der Waals surface area contributed by atoms with Crippen LogP contribution in [0, 0.1) is 0 Å². The second kappa shape index (κ2) is 10.7. The molecule has 0 atom stereocenters. The van der Waals surface area contributed by atoms with Gasteiger partial charge in [0.05, 0.1) is 11.4 Å². The Labute approximate surface area is 192 Å². The smallest absolute Gasteiger partial charge is 0.243 e. The number of rotatable bonds is 9. The Morgan fingerprint density at radius 2 is 1.29 bits per heavy atom. The summed E-state index contributed by atoms with van der Waals surface area (Å²) in [5.74, 6) is -0.241. The number of benzene rings is 3. The molecule has 31 heavy (non-hydrogen) atoms. The number of halogens is 1. The summed E-state index contributed by atoms with van der Waals surface area (Å²) >= 11 is 3.32. The van der Waals surface area contributed by atoms with Crippen molar-refractivity contribution in [2.24, 2.45) is 0 Å². The maximum absolute atomic E-state index is 13.3. The first-order valence-electron chi connectivity index (χ1n) is 10.0. The molecule has 0 fully saturated rings. The van der Waals surface area contributed by atoms with E-state index in [0.29, 0.717) is 13.1 Å². The lowest BCUT2D eigenvalue weighted by Gasteiger charge is -2.27. The summed E-state index contributed by atoms with van der Waals surface area (Å²) in [6, 6.07) is 25.8. The SMILES string of the molecule is CCN(CC(=O)N(Cc1ccccc1)Cc1ccccc1)S(=O)(=O)c1ccc(Br)cc1. The highest BCUT2D eigenvalue weighted by Gasteiger charge is 2.27. The van der Waals surface area contributed by atoms with Crippen molar-refractivity contribution in [3.63, 3.8) is 0 Å². The van der Waals surface area contributed by atoms with Gasteiger partial charge in [-0.2, -0.15) is 4.31 Å². The topological polar surface area (TPSA) is 57.7 Å². The average molecular weight is 501 g/mol. The first-order valence-corrected chi connectivity index (χ1v) is 12.2. The van der Waals surface area contributed by atoms with Crippen molar-refractivity contribution in [3.8, 4) is 0 Å². The van der Waals surface area contributed by atoms with E-state index < -0.39 is 10.0 Å². The highest BCUT2D eigenvalue weighted by Crippen LogP contribution is 2.19. The summed E-state index contributed by atoms with van der Waals surface area (Å²) < 4.78 is 28.2. The third kappa shape index (κ3) is 6.26. The highest BCUT2D eigenvalue weighted by molar-refractivity contribution is 9.10. The number of sulfonamides is 1. The van der Waals surface area contributed by atoms with Crippen LogP contribution in [0.1, 0.15) is 18.1 Å². The lowest BCUT2D eigenvalue weighted by Crippen LogP contribution is -2.42. The molecule has 1 amide bonds. The van der Waals surface area contributed by atoms with Crippen LogP contribution in [0.4, 0.5) is 0 Å². The van der Waals surface area contributed by atoms with E-state index in [1.165, 1.54) is 16.4 Å². The Morgan fingerprint density at radius 3 is 1.74 bits per heavy atom. The van der Waals surface area contributed by atoms with Crippen LogP contribution in [-0.2, 0) is 27.9 Å². The molecule has 0 saturated carbocycles. The van der Waals surface area contributed by atoms with Crippen LogP contribution < -0.4 is 0 Å². The standard InChI is InChI=1S/C24H25BrN2O3S/c1-2-27(31(29,30)23-15-13-22(25)14-16-23)19-24(28)26(17-20-9-5-3-6-10-20)18-21-11-7-4-8-12-21/h3-16H,2,17-19H2,1H3. The zero-order chi connectivity index (χ0) is 22.3. The quantitative estimate of drug-likeness (QED) is 0.428. The molecule has 0 heterocycles. The number of amides is 1. The largest absolute Gasteiger partial charge is 0.333 e. The number of likely N-dealkylation sites (N-methyl/N-ethyl adjacent to an activating group) is 1. The third-order valence-corrected chi connectivity index (χ3v) is 7.36. The van der Waals surface area contributed by atoms with Crippen LogP contribution >= 0.6 is 15.9 Å². The molecular weight excluding hydrogens is 476 g/mol. The molecule has 0 aromatic heterocycles. The van der Waals surface area contributed by atoms with Gasteiger partial charge in [0.25, 0.3) is 0 Å². The summed E-state index contributed by atoms with van der Waals surface area (Å²) in [5.41, 5.74) is 1.98. The fraction of sp³-hybridized carbons (Fsp3) is 0.208. The predicted octanol–water partition coefficient (Wildman–Crippen LogP) is 4.69. The van der Waals surface area contributed by atoms with Crippen molar-refractivity contribution in [2.45, 2.75) is 24.9 Å². The fourth-order valence-electron chi connectivity index (χ4n) is 3.21. The van der Waals surface area contributed by atoms with Gasteiger partial charge in [-0.05, 0) is 35.4 Å². The van der Waals surface area contributed by atoms with Crippen molar-refractivity contribution in [3.05, 3.63) is 101 Å². The Bertz CT molecular complexity index is 1050. The minimum absolute atomic E-state index is 0.169. The summed E-state index contributed by atoms with van der Waals surface area (Å²) in [4.78, 5) is 15.1. The van der Waals surface area contributed by atoms with Crippen LogP contribution in [0.25, 0.3) is 0 Å². The molecule has 5 nitrogen and oxygen atoms in total. The molecule has 0 unspecified atom stereocenters. The lowest BCUT2D eigenvalue weighted by molar-refractivity contribution is -0.132. The van der Waals surface area contributed by atoms with Crippen molar-refractivity contribution in [1.82, 2.24) is 9.21 Å². The minimum Gasteiger partial charge on any atom is -0.333 e. The van der Waals surface area contributed by atoms with E-state index in [1.807, 2.05) is 60.7 Å². The Balaban J connectivity index is 1.82. The van der Waals surface area contributed by atoms with E-state index in [4.69, 9.17) is 0 Å². The molecule has 0 saturated heterocycles. The maximum atomic E-state index is 13.3. The van der Waals surface area contributed by atoms with Crippen molar-refractivity contribution in [2.75, 3.05) is 13.1 Å². The summed E-state index contributed by atoms with van der Waals surface area (Å²) in [6.07, 6.45) is 0. The number of carbonyl (C=O) groups is 1. The molecule has 3 aromatic carbocycles. The molecule has 3 aromatic rings. The molecule has 0 aliphatic heterocycles. The summed E-state index contributed by atoms with van der Waals surface area (Å²) in [5, 5.41) is 0. The Kier molecular flexibility index (Phi) is 8.01. The number of hydrogen-bond acceptors (Lipinski definition) is 3. The van der Waals surface area contributed by atoms with Crippen LogP contribution in [0.15, 0.2) is 94.3 Å². The van der Waals surface area contributed by atoms with Gasteiger partial charge in [0.2, 0.25) is 15.9 Å². The molecule has 0 bridgehead atoms. The second-order valence-corrected chi connectivity index (χ2v) is 9.96. The molecule has 0 radical (unpaired) electrons. The Morgan fingerprint density at radius 1 is 0.806 bits per heavy atom. The molecule has 0 N–H and O–H groups in total. The zero-order valence-electron chi connectivity index (χ0n) is 17.3. The van der Waals surface area contributed by atoms with Crippen molar-refractivity contribution < 1.29 is 13.2 Å². The van der Waals surface area contributed by atoms with Gasteiger partial charge < -0.3 is 4.90 Å². The lowest BCUT2D eigenvalue weighted by atomic mass is 10.1. The van der Waals surface area contributed by atoms with Gasteiger partial charge in [0, 0.05) is 24.1 Å². The first-order chi connectivity index (χ1) is 14.9. The van der Waals surface area contributed by atoms with E-state index >= 15 is 0 Å². The van der Waals surface area contributed by atoms with Gasteiger partial charge in [0.15, 0.2) is 0 Å². The van der Waals surface area contributed by atoms with Gasteiger partial charge in [-0.25, -0.2) is 8.42 Å². The predicted molar refractivity (Wildman–Crippen MR) is 126 cm³/mol. The summed E-state index contributed by atoms with van der Waals surface area (Å²) in [6.45, 7) is 2.54. The second-order valence-electron chi connectivity index (χ2n) is 7.11. The zero-order valence-corrected chi connectivity index (χ0v) is 19.7. The van der Waals surface area contributed by atoms with Gasteiger partial charge in [-0.1, -0.05) is 83.5 Å². The number of carbonyl (C=O) groups excluding carboxylic acids is 1. The van der Waals surface area contributed by atoms with Gasteiger partial charge >= 0.3 is 0 Å². The molecule has 0 aliphatic carbocycles. The number of hydrogen-bond donors (Lipinski definition) is 0. The molecular formula is C24H25BrN2O3S. The Hall–Kier alpha value is -2.48. The monoisotopic (exact) mass is 500 g/mol. The van der Waals surface area contributed by atoms with Crippen LogP contribution in [-0.4, -0.2) is 36.6 Å². The normalized spacial score (nSPS) is 11.5. The first kappa shape index (κ1) is 23.2. The van der Waals surface area contributed by atoms with E-state index in [0.717, 1.165) is 15.6 Å². The average Bonchev–Trinajstić information content (AvgIpc) is 2.78. The summed E-state index contributed by atoms with van der Waals surface area (Å²) in [7, 11) is -3.78. The third-order valence-electron chi connectivity index (χ3n) is 4.90. The fourth-order valence-corrected chi connectivity index (χ4v) is 4.88. The van der Waals surface area contributed by atoms with Gasteiger partial charge in [-0.3, -0.25) is 4.79 Å². The molecule has 162 valence electrons. The van der Waals surface area contributed by atoms with E-state index in [9.17, 15) is 13.2 Å². The van der Waals surface area contributed by atoms with Crippen LogP contribution in [0.3, 0.4) is 0 Å². The minimum atomic E-state index is -3.78. The highest BCUT2D eigenvalue weighted by atomic mass is 79.9. The van der Waals surface area contributed by atoms with Crippen LogP contribution in [0.5, 0.6) is 0 Å². The van der Waals surface area contributed by atoms with Gasteiger partial charge in [-0.15, -0.1) is 0 Å². The maximum Gasteiger partial charge on any atom is 0.243 e. The molecule has 7 heteroatoms. The molecule has 0 spiro atoms. The van der Waals surface area contributed by atoms with Gasteiger partial charge in [0.1, 0.15) is 0 Å². The molecule has 3 rings (SSSR count).